The van der Waals surface area contributed by atoms with E-state index in [1.165, 1.54) is 6.07 Å². The van der Waals surface area contributed by atoms with Crippen molar-refractivity contribution in [1.82, 2.24) is 5.32 Å². The second-order valence-electron chi connectivity index (χ2n) is 6.31. The van der Waals surface area contributed by atoms with Crippen molar-refractivity contribution in [3.63, 3.8) is 0 Å². The van der Waals surface area contributed by atoms with E-state index in [1.807, 2.05) is 31.2 Å². The Morgan fingerprint density at radius 3 is 2.64 bits per heavy atom. The fraction of sp³-hybridized carbons (Fsp3) is 0.316. The first-order valence-electron chi connectivity index (χ1n) is 8.71. The molecule has 28 heavy (non-hydrogen) atoms. The van der Waals surface area contributed by atoms with Crippen LogP contribution in [-0.2, 0) is 21.4 Å². The average molecular weight is 425 g/mol. The van der Waals surface area contributed by atoms with Crippen LogP contribution in [0.2, 0.25) is 5.02 Å². The maximum atomic E-state index is 12.6. The summed E-state index contributed by atoms with van der Waals surface area (Å²) in [7, 11) is -3.60. The number of ether oxygens (including phenoxy) is 2. The summed E-state index contributed by atoms with van der Waals surface area (Å²) in [5, 5.41) is 3.17. The van der Waals surface area contributed by atoms with Gasteiger partial charge < -0.3 is 14.8 Å². The molecule has 0 spiro atoms. The monoisotopic (exact) mass is 424 g/mol. The molecular weight excluding hydrogens is 404 g/mol. The van der Waals surface area contributed by atoms with Crippen molar-refractivity contribution in [2.75, 3.05) is 23.7 Å². The smallest absolute Gasteiger partial charge is 0.263 e. The number of carbonyl (C=O) groups is 1. The van der Waals surface area contributed by atoms with Gasteiger partial charge in [0.1, 0.15) is 11.5 Å². The second kappa shape index (κ2) is 8.28. The van der Waals surface area contributed by atoms with Crippen molar-refractivity contribution in [3.8, 4) is 11.5 Å². The summed E-state index contributed by atoms with van der Waals surface area (Å²) in [6.07, 6.45) is 0.115. The van der Waals surface area contributed by atoms with Crippen LogP contribution < -0.4 is 19.1 Å². The van der Waals surface area contributed by atoms with E-state index in [9.17, 15) is 13.2 Å². The summed E-state index contributed by atoms with van der Waals surface area (Å²) in [4.78, 5) is 12.6. The Kier molecular flexibility index (Phi) is 6.00. The van der Waals surface area contributed by atoms with E-state index in [1.54, 1.807) is 12.1 Å². The third kappa shape index (κ3) is 4.69. The topological polar surface area (TPSA) is 84.9 Å². The number of hydrogen-bond donors (Lipinski definition) is 1. The number of fused-ring (bicyclic) bond motifs is 1. The highest BCUT2D eigenvalue weighted by molar-refractivity contribution is 7.92. The summed E-state index contributed by atoms with van der Waals surface area (Å²) >= 11 is 5.97. The molecule has 0 aromatic heterocycles. The van der Waals surface area contributed by atoms with Crippen LogP contribution in [0.5, 0.6) is 11.5 Å². The molecule has 0 bridgehead atoms. The SMILES string of the molecule is CCOc1ccc(CNC(=O)C2CN(S(C)(=O)=O)c3cc(Cl)ccc3O2)cc1. The highest BCUT2D eigenvalue weighted by Crippen LogP contribution is 2.37. The molecule has 0 radical (unpaired) electrons. The highest BCUT2D eigenvalue weighted by Gasteiger charge is 2.35. The predicted molar refractivity (Wildman–Crippen MR) is 108 cm³/mol. The number of anilines is 1. The molecule has 1 unspecified atom stereocenters. The lowest BCUT2D eigenvalue weighted by molar-refractivity contribution is -0.127. The first-order chi connectivity index (χ1) is 13.3. The van der Waals surface area contributed by atoms with Crippen LogP contribution in [0.1, 0.15) is 12.5 Å². The lowest BCUT2D eigenvalue weighted by Crippen LogP contribution is -2.50. The van der Waals surface area contributed by atoms with Gasteiger partial charge in [-0.2, -0.15) is 0 Å². The van der Waals surface area contributed by atoms with E-state index in [0.29, 0.717) is 23.1 Å². The molecule has 2 aromatic rings. The molecule has 1 heterocycles. The minimum absolute atomic E-state index is 0.124. The van der Waals surface area contributed by atoms with Crippen LogP contribution in [-0.4, -0.2) is 39.8 Å². The Hall–Kier alpha value is -2.45. The molecule has 0 fully saturated rings. The van der Waals surface area contributed by atoms with Crippen molar-refractivity contribution in [1.29, 1.82) is 0 Å². The Morgan fingerprint density at radius 1 is 1.29 bits per heavy atom. The van der Waals surface area contributed by atoms with Crippen LogP contribution >= 0.6 is 11.6 Å². The highest BCUT2D eigenvalue weighted by atomic mass is 35.5. The molecule has 0 aliphatic carbocycles. The molecule has 1 aliphatic heterocycles. The van der Waals surface area contributed by atoms with E-state index < -0.39 is 22.0 Å². The van der Waals surface area contributed by atoms with Crippen LogP contribution in [0.4, 0.5) is 5.69 Å². The Labute approximate surface area is 169 Å². The number of carbonyl (C=O) groups excluding carboxylic acids is 1. The molecule has 9 heteroatoms. The van der Waals surface area contributed by atoms with Gasteiger partial charge in [-0.3, -0.25) is 9.10 Å². The Bertz CT molecular complexity index is 963. The van der Waals surface area contributed by atoms with Gasteiger partial charge in [0.25, 0.3) is 5.91 Å². The third-order valence-corrected chi connectivity index (χ3v) is 5.57. The van der Waals surface area contributed by atoms with Gasteiger partial charge in [-0.1, -0.05) is 23.7 Å². The van der Waals surface area contributed by atoms with Gasteiger partial charge in [0.05, 0.1) is 25.1 Å². The first kappa shape index (κ1) is 20.3. The van der Waals surface area contributed by atoms with Gasteiger partial charge in [-0.05, 0) is 42.8 Å². The molecular formula is C19H21ClN2O5S. The molecule has 0 saturated carbocycles. The van der Waals surface area contributed by atoms with E-state index >= 15 is 0 Å². The predicted octanol–water partition coefficient (Wildman–Crippen LogP) is 2.58. The molecule has 1 atom stereocenters. The van der Waals surface area contributed by atoms with Crippen molar-refractivity contribution in [3.05, 3.63) is 53.1 Å². The average Bonchev–Trinajstić information content (AvgIpc) is 2.65. The second-order valence-corrected chi connectivity index (χ2v) is 8.65. The molecule has 3 rings (SSSR count). The number of benzene rings is 2. The number of hydrogen-bond acceptors (Lipinski definition) is 5. The van der Waals surface area contributed by atoms with Crippen molar-refractivity contribution < 1.29 is 22.7 Å². The summed E-state index contributed by atoms with van der Waals surface area (Å²) in [5.74, 6) is 0.651. The third-order valence-electron chi connectivity index (χ3n) is 4.18. The van der Waals surface area contributed by atoms with Crippen LogP contribution in [0, 0.1) is 0 Å². The maximum Gasteiger partial charge on any atom is 0.263 e. The summed E-state index contributed by atoms with van der Waals surface area (Å²) in [6.45, 7) is 2.65. The van der Waals surface area contributed by atoms with Crippen LogP contribution in [0.3, 0.4) is 0 Å². The fourth-order valence-electron chi connectivity index (χ4n) is 2.85. The number of nitrogens with one attached hydrogen (secondary N) is 1. The van der Waals surface area contributed by atoms with Gasteiger partial charge in [-0.15, -0.1) is 0 Å². The zero-order valence-corrected chi connectivity index (χ0v) is 17.1. The number of nitrogens with zero attached hydrogens (tertiary/aromatic N) is 1. The zero-order valence-electron chi connectivity index (χ0n) is 15.5. The number of sulfonamides is 1. The summed E-state index contributed by atoms with van der Waals surface area (Å²) in [6, 6.07) is 12.0. The summed E-state index contributed by atoms with van der Waals surface area (Å²) < 4.78 is 36.6. The number of amides is 1. The lowest BCUT2D eigenvalue weighted by Gasteiger charge is -2.34. The van der Waals surface area contributed by atoms with E-state index in [2.05, 4.69) is 5.32 Å². The molecule has 0 saturated heterocycles. The minimum atomic E-state index is -3.60. The Morgan fingerprint density at radius 2 is 2.00 bits per heavy atom. The zero-order chi connectivity index (χ0) is 20.3. The quantitative estimate of drug-likeness (QED) is 0.770. The van der Waals surface area contributed by atoms with Gasteiger partial charge in [0, 0.05) is 11.6 Å². The Balaban J connectivity index is 1.71. The standard InChI is InChI=1S/C19H21ClN2O5S/c1-3-26-15-7-4-13(5-8-15)11-21-19(23)18-12-22(28(2,24)25)16-10-14(20)6-9-17(16)27-18/h4-10,18H,3,11-12H2,1-2H3,(H,21,23). The van der Waals surface area contributed by atoms with Crippen LogP contribution in [0.15, 0.2) is 42.5 Å². The molecule has 1 aliphatic rings. The summed E-state index contributed by atoms with van der Waals surface area (Å²) in [5.41, 5.74) is 1.21. The number of rotatable bonds is 6. The van der Waals surface area contributed by atoms with E-state index in [0.717, 1.165) is 21.9 Å². The van der Waals surface area contributed by atoms with Crippen molar-refractivity contribution >= 4 is 33.2 Å². The molecule has 1 N–H and O–H groups in total. The van der Waals surface area contributed by atoms with Crippen LogP contribution in [0.25, 0.3) is 0 Å². The van der Waals surface area contributed by atoms with Gasteiger partial charge in [0.2, 0.25) is 10.0 Å². The van der Waals surface area contributed by atoms with E-state index in [4.69, 9.17) is 21.1 Å². The van der Waals surface area contributed by atoms with E-state index in [-0.39, 0.29) is 13.1 Å². The fourth-order valence-corrected chi connectivity index (χ4v) is 3.92. The molecule has 1 amide bonds. The van der Waals surface area contributed by atoms with Gasteiger partial charge >= 0.3 is 0 Å². The molecule has 150 valence electrons. The largest absolute Gasteiger partial charge is 0.494 e. The number of halogens is 1. The van der Waals surface area contributed by atoms with Gasteiger partial charge in [0.15, 0.2) is 6.10 Å². The minimum Gasteiger partial charge on any atom is -0.494 e. The van der Waals surface area contributed by atoms with Crippen molar-refractivity contribution in [2.24, 2.45) is 0 Å². The molecule has 2 aromatic carbocycles. The first-order valence-corrected chi connectivity index (χ1v) is 10.9. The van der Waals surface area contributed by atoms with Crippen molar-refractivity contribution in [2.45, 2.75) is 19.6 Å². The van der Waals surface area contributed by atoms with Gasteiger partial charge in [-0.25, -0.2) is 8.42 Å². The normalized spacial score (nSPS) is 16.1. The molecule has 7 nitrogen and oxygen atoms in total. The maximum absolute atomic E-state index is 12.6. The lowest BCUT2D eigenvalue weighted by atomic mass is 10.2.